The molecule has 0 unspecified atom stereocenters. The fourth-order valence-corrected chi connectivity index (χ4v) is 3.28. The van der Waals surface area contributed by atoms with Crippen molar-refractivity contribution in [2.45, 2.75) is 37.3 Å². The molecule has 0 saturated heterocycles. The van der Waals surface area contributed by atoms with Crippen LogP contribution in [0, 0.1) is 5.92 Å². The van der Waals surface area contributed by atoms with Crippen molar-refractivity contribution in [3.63, 3.8) is 0 Å². The van der Waals surface area contributed by atoms with E-state index in [0.29, 0.717) is 0 Å². The summed E-state index contributed by atoms with van der Waals surface area (Å²) >= 11 is 5.96. The standard InChI is InChI=1S/C9H15ClO3S/c1-3-9(10,14(12,13)4-2)8(11)7-5-6-7/h7H,3-6H2,1-2H3/t9-/m1/s1. The van der Waals surface area contributed by atoms with E-state index in [1.807, 2.05) is 0 Å². The van der Waals surface area contributed by atoms with Gasteiger partial charge in [-0.1, -0.05) is 25.4 Å². The number of hydrogen-bond donors (Lipinski definition) is 0. The van der Waals surface area contributed by atoms with Crippen LogP contribution in [0.4, 0.5) is 0 Å². The van der Waals surface area contributed by atoms with Gasteiger partial charge in [0, 0.05) is 11.7 Å². The lowest BCUT2D eigenvalue weighted by Gasteiger charge is -2.23. The minimum atomic E-state index is -3.50. The molecule has 1 aliphatic carbocycles. The molecule has 0 spiro atoms. The van der Waals surface area contributed by atoms with Crippen molar-refractivity contribution in [1.82, 2.24) is 0 Å². The predicted octanol–water partition coefficient (Wildman–Crippen LogP) is 1.75. The lowest BCUT2D eigenvalue weighted by Crippen LogP contribution is -2.42. The third-order valence-electron chi connectivity index (χ3n) is 2.64. The van der Waals surface area contributed by atoms with Gasteiger partial charge in [0.05, 0.1) is 0 Å². The third kappa shape index (κ3) is 1.82. The van der Waals surface area contributed by atoms with Crippen LogP contribution in [0.25, 0.3) is 0 Å². The van der Waals surface area contributed by atoms with Crippen LogP contribution in [-0.4, -0.2) is 24.2 Å². The van der Waals surface area contributed by atoms with E-state index in [-0.39, 0.29) is 23.9 Å². The number of Topliss-reactive ketones (excluding diaryl/α,β-unsaturated/α-hetero) is 1. The van der Waals surface area contributed by atoms with E-state index in [9.17, 15) is 13.2 Å². The minimum Gasteiger partial charge on any atom is -0.296 e. The summed E-state index contributed by atoms with van der Waals surface area (Å²) in [4.78, 5) is 11.8. The maximum Gasteiger partial charge on any atom is 0.203 e. The average Bonchev–Trinajstić information content (AvgIpc) is 2.98. The van der Waals surface area contributed by atoms with E-state index in [1.165, 1.54) is 6.92 Å². The normalized spacial score (nSPS) is 21.6. The van der Waals surface area contributed by atoms with Crippen molar-refractivity contribution >= 4 is 27.2 Å². The zero-order valence-corrected chi connectivity index (χ0v) is 9.99. The molecule has 0 aromatic heterocycles. The van der Waals surface area contributed by atoms with Crippen LogP contribution < -0.4 is 0 Å². The van der Waals surface area contributed by atoms with Gasteiger partial charge in [0.25, 0.3) is 0 Å². The Morgan fingerprint density at radius 2 is 1.93 bits per heavy atom. The fourth-order valence-electron chi connectivity index (χ4n) is 1.43. The summed E-state index contributed by atoms with van der Waals surface area (Å²) in [6, 6.07) is 0. The first kappa shape index (κ1) is 12.0. The smallest absolute Gasteiger partial charge is 0.203 e. The van der Waals surface area contributed by atoms with Crippen molar-refractivity contribution in [3.05, 3.63) is 0 Å². The maximum atomic E-state index is 11.8. The first-order valence-electron chi connectivity index (χ1n) is 4.84. The van der Waals surface area contributed by atoms with Gasteiger partial charge in [-0.15, -0.1) is 0 Å². The first-order chi connectivity index (χ1) is 6.39. The van der Waals surface area contributed by atoms with Crippen molar-refractivity contribution in [2.75, 3.05) is 5.75 Å². The summed E-state index contributed by atoms with van der Waals surface area (Å²) < 4.78 is 21.7. The number of halogens is 1. The van der Waals surface area contributed by atoms with E-state index >= 15 is 0 Å². The molecule has 0 N–H and O–H groups in total. The lowest BCUT2D eigenvalue weighted by molar-refractivity contribution is -0.120. The first-order valence-corrected chi connectivity index (χ1v) is 6.87. The van der Waals surface area contributed by atoms with Crippen molar-refractivity contribution in [1.29, 1.82) is 0 Å². The van der Waals surface area contributed by atoms with Crippen molar-refractivity contribution in [2.24, 2.45) is 5.92 Å². The van der Waals surface area contributed by atoms with Crippen molar-refractivity contribution in [3.8, 4) is 0 Å². The number of ketones is 1. The number of alkyl halides is 1. The Labute approximate surface area is 89.7 Å². The summed E-state index contributed by atoms with van der Waals surface area (Å²) in [5.74, 6) is -0.500. The van der Waals surface area contributed by atoms with E-state index in [2.05, 4.69) is 0 Å². The quantitative estimate of drug-likeness (QED) is 0.686. The highest BCUT2D eigenvalue weighted by Gasteiger charge is 2.51. The van der Waals surface area contributed by atoms with Crippen LogP contribution in [0.15, 0.2) is 0 Å². The van der Waals surface area contributed by atoms with Crippen LogP contribution in [0.5, 0.6) is 0 Å². The molecule has 1 aliphatic rings. The molecule has 1 fully saturated rings. The van der Waals surface area contributed by atoms with Gasteiger partial charge in [0.2, 0.25) is 4.21 Å². The Bertz CT molecular complexity index is 332. The number of rotatable bonds is 5. The van der Waals surface area contributed by atoms with Gasteiger partial charge in [-0.05, 0) is 19.3 Å². The van der Waals surface area contributed by atoms with E-state index in [0.717, 1.165) is 12.8 Å². The second-order valence-electron chi connectivity index (χ2n) is 3.62. The highest BCUT2D eigenvalue weighted by Crippen LogP contribution is 2.40. The number of sulfone groups is 1. The molecule has 1 atom stereocenters. The number of carbonyl (C=O) groups is 1. The van der Waals surface area contributed by atoms with Gasteiger partial charge in [-0.25, -0.2) is 8.42 Å². The molecule has 0 aliphatic heterocycles. The SMILES string of the molecule is CC[C@](Cl)(C(=O)C1CC1)S(=O)(=O)CC. The van der Waals surface area contributed by atoms with Gasteiger partial charge in [0.15, 0.2) is 15.6 Å². The third-order valence-corrected chi connectivity index (χ3v) is 6.04. The zero-order valence-electron chi connectivity index (χ0n) is 8.42. The molecule has 14 heavy (non-hydrogen) atoms. The highest BCUT2D eigenvalue weighted by atomic mass is 35.5. The van der Waals surface area contributed by atoms with Gasteiger partial charge in [-0.3, -0.25) is 4.79 Å². The average molecular weight is 239 g/mol. The summed E-state index contributed by atoms with van der Waals surface area (Å²) in [6.07, 6.45) is 1.72. The zero-order chi connectivity index (χ0) is 11.0. The Morgan fingerprint density at radius 3 is 2.21 bits per heavy atom. The number of carbonyl (C=O) groups excluding carboxylic acids is 1. The molecular formula is C9H15ClO3S. The highest BCUT2D eigenvalue weighted by molar-refractivity contribution is 7.95. The molecule has 82 valence electrons. The summed E-state index contributed by atoms with van der Waals surface area (Å²) in [5.41, 5.74) is 0. The maximum absolute atomic E-state index is 11.8. The Hall–Kier alpha value is -0.0900. The van der Waals surface area contributed by atoms with Crippen LogP contribution in [0.3, 0.4) is 0 Å². The van der Waals surface area contributed by atoms with Gasteiger partial charge in [-0.2, -0.15) is 0 Å². The van der Waals surface area contributed by atoms with Crippen LogP contribution in [0.1, 0.15) is 33.1 Å². The van der Waals surface area contributed by atoms with E-state index in [1.54, 1.807) is 6.92 Å². The van der Waals surface area contributed by atoms with Crippen molar-refractivity contribution < 1.29 is 13.2 Å². The lowest BCUT2D eigenvalue weighted by atomic mass is 10.1. The summed E-state index contributed by atoms with van der Waals surface area (Å²) in [6.45, 7) is 3.16. The Balaban J connectivity index is 3.01. The Morgan fingerprint density at radius 1 is 1.43 bits per heavy atom. The minimum absolute atomic E-state index is 0.0806. The predicted molar refractivity (Wildman–Crippen MR) is 56.1 cm³/mol. The van der Waals surface area contributed by atoms with E-state index < -0.39 is 14.0 Å². The number of hydrogen-bond acceptors (Lipinski definition) is 3. The monoisotopic (exact) mass is 238 g/mol. The van der Waals surface area contributed by atoms with Crippen LogP contribution in [-0.2, 0) is 14.6 Å². The molecule has 0 heterocycles. The van der Waals surface area contributed by atoms with E-state index in [4.69, 9.17) is 11.6 Å². The summed E-state index contributed by atoms with van der Waals surface area (Å²) in [7, 11) is -3.50. The molecule has 3 nitrogen and oxygen atoms in total. The molecule has 1 saturated carbocycles. The molecule has 0 aromatic carbocycles. The second-order valence-corrected chi connectivity index (χ2v) is 7.00. The topological polar surface area (TPSA) is 51.2 Å². The largest absolute Gasteiger partial charge is 0.296 e. The van der Waals surface area contributed by atoms with Crippen LogP contribution >= 0.6 is 11.6 Å². The molecule has 0 amide bonds. The fraction of sp³-hybridized carbons (Fsp3) is 0.889. The van der Waals surface area contributed by atoms with Crippen LogP contribution in [0.2, 0.25) is 0 Å². The second kappa shape index (κ2) is 3.81. The Kier molecular flexibility index (Phi) is 3.26. The molecule has 0 aromatic rings. The molecule has 1 rings (SSSR count). The van der Waals surface area contributed by atoms with Gasteiger partial charge in [0.1, 0.15) is 0 Å². The van der Waals surface area contributed by atoms with Gasteiger partial charge < -0.3 is 0 Å². The van der Waals surface area contributed by atoms with Gasteiger partial charge >= 0.3 is 0 Å². The molecule has 0 radical (unpaired) electrons. The molecular weight excluding hydrogens is 224 g/mol. The summed E-state index contributed by atoms with van der Waals surface area (Å²) in [5, 5.41) is 0. The molecule has 5 heteroatoms. The molecule has 0 bridgehead atoms.